The lowest BCUT2D eigenvalue weighted by Gasteiger charge is -2.12. The number of hydrogen-bond donors (Lipinski definition) is 1. The van der Waals surface area contributed by atoms with Crippen LogP contribution < -0.4 is 4.74 Å². The fourth-order valence-corrected chi connectivity index (χ4v) is 1.36. The molecule has 0 radical (unpaired) electrons. The zero-order valence-corrected chi connectivity index (χ0v) is 10.6. The Labute approximate surface area is 98.3 Å². The first kappa shape index (κ1) is 12.4. The van der Waals surface area contributed by atoms with Crippen LogP contribution in [-0.4, -0.2) is 12.4 Å². The van der Waals surface area contributed by atoms with Crippen molar-refractivity contribution in [2.75, 3.05) is 12.4 Å². The van der Waals surface area contributed by atoms with Crippen LogP contribution in [0.2, 0.25) is 0 Å². The highest BCUT2D eigenvalue weighted by atomic mass is 32.1. The number of rotatable bonds is 5. The Hall–Kier alpha value is -0.630. The van der Waals surface area contributed by atoms with E-state index >= 15 is 0 Å². The summed E-state index contributed by atoms with van der Waals surface area (Å²) < 4.78 is 5.70. The fraction of sp³-hybridized carbons (Fsp3) is 0.538. The topological polar surface area (TPSA) is 9.23 Å². The monoisotopic (exact) mass is 224 g/mol. The molecule has 0 aliphatic carbocycles. The molecule has 0 saturated heterocycles. The van der Waals surface area contributed by atoms with Crippen molar-refractivity contribution in [3.05, 3.63) is 29.8 Å². The van der Waals surface area contributed by atoms with Crippen LogP contribution in [0.1, 0.15) is 32.3 Å². The van der Waals surface area contributed by atoms with Gasteiger partial charge in [-0.15, -0.1) is 0 Å². The molecule has 0 aliphatic rings. The number of benzene rings is 1. The predicted molar refractivity (Wildman–Crippen MR) is 69.0 cm³/mol. The Bertz CT molecular complexity index is 296. The van der Waals surface area contributed by atoms with Gasteiger partial charge in [0.15, 0.2) is 0 Å². The van der Waals surface area contributed by atoms with E-state index < -0.39 is 0 Å². The number of ether oxygens (including phenoxy) is 1. The van der Waals surface area contributed by atoms with Gasteiger partial charge in [-0.05, 0) is 35.3 Å². The quantitative estimate of drug-likeness (QED) is 0.749. The molecule has 2 heteroatoms. The van der Waals surface area contributed by atoms with Crippen LogP contribution in [-0.2, 0) is 0 Å². The minimum absolute atomic E-state index is 0.496. The van der Waals surface area contributed by atoms with Gasteiger partial charge in [0, 0.05) is 0 Å². The van der Waals surface area contributed by atoms with E-state index in [0.29, 0.717) is 11.8 Å². The zero-order valence-electron chi connectivity index (χ0n) is 9.73. The average Bonchev–Trinajstić information content (AvgIpc) is 2.26. The van der Waals surface area contributed by atoms with E-state index in [-0.39, 0.29) is 0 Å². The molecule has 0 saturated carbocycles. The molecule has 1 unspecified atom stereocenters. The van der Waals surface area contributed by atoms with Crippen LogP contribution in [0, 0.1) is 5.92 Å². The third kappa shape index (κ3) is 4.17. The highest BCUT2D eigenvalue weighted by Crippen LogP contribution is 2.20. The maximum Gasteiger partial charge on any atom is 0.119 e. The molecule has 0 aliphatic heterocycles. The van der Waals surface area contributed by atoms with Crippen LogP contribution in [0.3, 0.4) is 0 Å². The normalized spacial score (nSPS) is 12.9. The molecular weight excluding hydrogens is 204 g/mol. The number of thiol groups is 1. The summed E-state index contributed by atoms with van der Waals surface area (Å²) in [5.74, 6) is 2.88. The van der Waals surface area contributed by atoms with Gasteiger partial charge in [-0.1, -0.05) is 32.9 Å². The van der Waals surface area contributed by atoms with E-state index in [0.717, 1.165) is 18.1 Å². The maximum absolute atomic E-state index is 5.70. The Balaban J connectivity index is 2.58. The Kier molecular flexibility index (Phi) is 5.03. The molecule has 84 valence electrons. The van der Waals surface area contributed by atoms with Crippen LogP contribution in [0.15, 0.2) is 24.3 Å². The fourth-order valence-electron chi connectivity index (χ4n) is 1.25. The summed E-state index contributed by atoms with van der Waals surface area (Å²) in [5.41, 5.74) is 1.33. The molecule has 0 heterocycles. The van der Waals surface area contributed by atoms with Gasteiger partial charge >= 0.3 is 0 Å². The third-order valence-corrected chi connectivity index (χ3v) is 2.99. The van der Waals surface area contributed by atoms with Gasteiger partial charge < -0.3 is 4.74 Å². The largest absolute Gasteiger partial charge is 0.493 e. The Morgan fingerprint density at radius 3 is 2.60 bits per heavy atom. The van der Waals surface area contributed by atoms with E-state index in [4.69, 9.17) is 4.74 Å². The lowest BCUT2D eigenvalue weighted by molar-refractivity contribution is 0.273. The second-order valence-electron chi connectivity index (χ2n) is 4.33. The second kappa shape index (κ2) is 6.06. The van der Waals surface area contributed by atoms with E-state index in [2.05, 4.69) is 51.6 Å². The maximum atomic E-state index is 5.70. The van der Waals surface area contributed by atoms with E-state index in [1.807, 2.05) is 6.07 Å². The van der Waals surface area contributed by atoms with Crippen molar-refractivity contribution >= 4 is 12.6 Å². The smallest absolute Gasteiger partial charge is 0.119 e. The Morgan fingerprint density at radius 2 is 2.00 bits per heavy atom. The summed E-state index contributed by atoms with van der Waals surface area (Å²) in [5, 5.41) is 0. The van der Waals surface area contributed by atoms with Crippen LogP contribution in [0.25, 0.3) is 0 Å². The van der Waals surface area contributed by atoms with Crippen LogP contribution in [0.4, 0.5) is 0 Å². The van der Waals surface area contributed by atoms with Crippen LogP contribution in [0.5, 0.6) is 5.75 Å². The molecule has 1 nitrogen and oxygen atoms in total. The highest BCUT2D eigenvalue weighted by molar-refractivity contribution is 7.80. The van der Waals surface area contributed by atoms with Gasteiger partial charge in [0.1, 0.15) is 5.75 Å². The van der Waals surface area contributed by atoms with Gasteiger partial charge in [0.25, 0.3) is 0 Å². The van der Waals surface area contributed by atoms with Crippen molar-refractivity contribution in [1.29, 1.82) is 0 Å². The first-order chi connectivity index (χ1) is 7.13. The van der Waals surface area contributed by atoms with Crippen molar-refractivity contribution in [3.8, 4) is 5.75 Å². The molecule has 1 aromatic carbocycles. The van der Waals surface area contributed by atoms with Gasteiger partial charge in [0.2, 0.25) is 0 Å². The van der Waals surface area contributed by atoms with Gasteiger partial charge in [-0.2, -0.15) is 12.6 Å². The summed E-state index contributed by atoms with van der Waals surface area (Å²) in [6.07, 6.45) is 0. The van der Waals surface area contributed by atoms with E-state index in [1.54, 1.807) is 0 Å². The molecule has 0 fully saturated rings. The summed E-state index contributed by atoms with van der Waals surface area (Å²) in [4.78, 5) is 0. The second-order valence-corrected chi connectivity index (χ2v) is 4.69. The van der Waals surface area contributed by atoms with E-state index in [1.165, 1.54) is 5.56 Å². The average molecular weight is 224 g/mol. The molecule has 0 spiro atoms. The van der Waals surface area contributed by atoms with E-state index in [9.17, 15) is 0 Å². The van der Waals surface area contributed by atoms with Gasteiger partial charge in [-0.25, -0.2) is 0 Å². The molecule has 1 rings (SSSR count). The van der Waals surface area contributed by atoms with Gasteiger partial charge in [-0.3, -0.25) is 0 Å². The SMILES string of the molecule is CC(CS)COc1cccc(C(C)C)c1. The summed E-state index contributed by atoms with van der Waals surface area (Å²) in [6, 6.07) is 8.32. The first-order valence-electron chi connectivity index (χ1n) is 5.47. The molecule has 0 aromatic heterocycles. The number of hydrogen-bond acceptors (Lipinski definition) is 2. The molecule has 0 amide bonds. The standard InChI is InChI=1S/C13H20OS/c1-10(2)12-5-4-6-13(7-12)14-8-11(3)9-15/h4-7,10-11,15H,8-9H2,1-3H3. The summed E-state index contributed by atoms with van der Waals surface area (Å²) >= 11 is 4.23. The van der Waals surface area contributed by atoms with Gasteiger partial charge in [0.05, 0.1) is 6.61 Å². The minimum atomic E-state index is 0.496. The van der Waals surface area contributed by atoms with Crippen molar-refractivity contribution in [2.24, 2.45) is 5.92 Å². The zero-order chi connectivity index (χ0) is 11.3. The Morgan fingerprint density at radius 1 is 1.27 bits per heavy atom. The predicted octanol–water partition coefficient (Wildman–Crippen LogP) is 3.75. The lowest BCUT2D eigenvalue weighted by atomic mass is 10.0. The summed E-state index contributed by atoms with van der Waals surface area (Å²) in [7, 11) is 0. The molecule has 0 N–H and O–H groups in total. The van der Waals surface area contributed by atoms with Crippen molar-refractivity contribution < 1.29 is 4.74 Å². The lowest BCUT2D eigenvalue weighted by Crippen LogP contribution is -2.09. The molecule has 1 atom stereocenters. The molecule has 15 heavy (non-hydrogen) atoms. The third-order valence-electron chi connectivity index (χ3n) is 2.37. The molecular formula is C13H20OS. The minimum Gasteiger partial charge on any atom is -0.493 e. The summed E-state index contributed by atoms with van der Waals surface area (Å²) in [6.45, 7) is 7.26. The molecule has 1 aromatic rings. The van der Waals surface area contributed by atoms with Crippen molar-refractivity contribution in [3.63, 3.8) is 0 Å². The van der Waals surface area contributed by atoms with Crippen molar-refractivity contribution in [1.82, 2.24) is 0 Å². The molecule has 0 bridgehead atoms. The highest BCUT2D eigenvalue weighted by Gasteiger charge is 2.03. The van der Waals surface area contributed by atoms with Crippen molar-refractivity contribution in [2.45, 2.75) is 26.7 Å². The first-order valence-corrected chi connectivity index (χ1v) is 6.10. The van der Waals surface area contributed by atoms with Crippen LogP contribution >= 0.6 is 12.6 Å².